The zero-order valence-corrected chi connectivity index (χ0v) is 12.0. The molecule has 116 valence electrons. The van der Waals surface area contributed by atoms with Gasteiger partial charge in [-0.1, -0.05) is 0 Å². The van der Waals surface area contributed by atoms with Crippen LogP contribution in [0.4, 0.5) is 20.2 Å². The molecule has 0 bridgehead atoms. The van der Waals surface area contributed by atoms with E-state index in [0.717, 1.165) is 23.6 Å². The van der Waals surface area contributed by atoms with Crippen LogP contribution in [0.1, 0.15) is 6.42 Å². The van der Waals surface area contributed by atoms with Gasteiger partial charge in [0, 0.05) is 24.7 Å². The van der Waals surface area contributed by atoms with Crippen molar-refractivity contribution in [1.82, 2.24) is 0 Å². The van der Waals surface area contributed by atoms with Crippen molar-refractivity contribution in [1.29, 1.82) is 0 Å². The Hall–Kier alpha value is -2.63. The molecular weight excluding hydrogens is 290 g/mol. The number of carbonyl (C=O) groups is 1. The lowest BCUT2D eigenvalue weighted by molar-refractivity contribution is -0.116. The normalized spacial score (nSPS) is 10.1. The van der Waals surface area contributed by atoms with Gasteiger partial charge >= 0.3 is 0 Å². The van der Waals surface area contributed by atoms with Gasteiger partial charge in [0.2, 0.25) is 5.91 Å². The molecule has 0 fully saturated rings. The molecule has 6 heteroatoms. The fourth-order valence-corrected chi connectivity index (χ4v) is 1.83. The number of amides is 1. The number of halogens is 2. The van der Waals surface area contributed by atoms with E-state index in [9.17, 15) is 13.6 Å². The van der Waals surface area contributed by atoms with Crippen molar-refractivity contribution in [3.05, 3.63) is 54.1 Å². The van der Waals surface area contributed by atoms with E-state index in [0.29, 0.717) is 6.54 Å². The Morgan fingerprint density at radius 3 is 2.50 bits per heavy atom. The summed E-state index contributed by atoms with van der Waals surface area (Å²) in [5.41, 5.74) is 0.817. The second kappa shape index (κ2) is 7.40. The van der Waals surface area contributed by atoms with Gasteiger partial charge in [-0.25, -0.2) is 8.78 Å². The van der Waals surface area contributed by atoms with E-state index in [1.807, 2.05) is 12.1 Å². The van der Waals surface area contributed by atoms with Crippen molar-refractivity contribution < 1.29 is 18.3 Å². The van der Waals surface area contributed by atoms with Crippen LogP contribution in [0.2, 0.25) is 0 Å². The Morgan fingerprint density at radius 1 is 1.14 bits per heavy atom. The number of ether oxygens (including phenoxy) is 1. The number of benzene rings is 2. The summed E-state index contributed by atoms with van der Waals surface area (Å²) in [6.07, 6.45) is 0.156. The molecule has 22 heavy (non-hydrogen) atoms. The van der Waals surface area contributed by atoms with E-state index in [4.69, 9.17) is 4.74 Å². The van der Waals surface area contributed by atoms with Crippen LogP contribution in [-0.2, 0) is 4.79 Å². The zero-order valence-electron chi connectivity index (χ0n) is 12.0. The molecule has 0 atom stereocenters. The predicted octanol–water partition coefficient (Wildman–Crippen LogP) is 3.41. The van der Waals surface area contributed by atoms with Crippen LogP contribution in [0, 0.1) is 11.6 Å². The molecule has 4 nitrogen and oxygen atoms in total. The minimum atomic E-state index is -0.795. The van der Waals surface area contributed by atoms with Crippen molar-refractivity contribution in [2.45, 2.75) is 6.42 Å². The van der Waals surface area contributed by atoms with Gasteiger partial charge in [-0.05, 0) is 36.4 Å². The highest BCUT2D eigenvalue weighted by Crippen LogP contribution is 2.16. The van der Waals surface area contributed by atoms with Gasteiger partial charge in [-0.15, -0.1) is 0 Å². The Labute approximate surface area is 127 Å². The zero-order chi connectivity index (χ0) is 15.9. The third-order valence-corrected chi connectivity index (χ3v) is 2.98. The molecule has 2 rings (SSSR count). The summed E-state index contributed by atoms with van der Waals surface area (Å²) in [6, 6.07) is 10.3. The van der Waals surface area contributed by atoms with Crippen LogP contribution < -0.4 is 15.4 Å². The number of nitrogens with one attached hydrogen (secondary N) is 2. The molecule has 0 aliphatic carbocycles. The average molecular weight is 306 g/mol. The van der Waals surface area contributed by atoms with Crippen LogP contribution in [0.5, 0.6) is 5.75 Å². The maximum absolute atomic E-state index is 13.4. The van der Waals surface area contributed by atoms with Crippen molar-refractivity contribution in [3.8, 4) is 5.75 Å². The van der Waals surface area contributed by atoms with E-state index in [2.05, 4.69) is 10.6 Å². The standard InChI is InChI=1S/C16H16F2N2O2/c1-22-13-5-3-12(4-6-13)19-9-8-16(21)20-15-7-2-11(17)10-14(15)18/h2-7,10,19H,8-9H2,1H3,(H,20,21). The van der Waals surface area contributed by atoms with Gasteiger partial charge in [-0.3, -0.25) is 4.79 Å². The Morgan fingerprint density at radius 2 is 1.86 bits per heavy atom. The molecule has 0 unspecified atom stereocenters. The minimum absolute atomic E-state index is 0.0316. The van der Waals surface area contributed by atoms with Crippen molar-refractivity contribution in [3.63, 3.8) is 0 Å². The number of anilines is 2. The van der Waals surface area contributed by atoms with E-state index >= 15 is 0 Å². The Bertz CT molecular complexity index is 645. The highest BCUT2D eigenvalue weighted by atomic mass is 19.1. The third kappa shape index (κ3) is 4.44. The van der Waals surface area contributed by atoms with Gasteiger partial charge in [0.05, 0.1) is 12.8 Å². The molecule has 0 aliphatic rings. The average Bonchev–Trinajstić information content (AvgIpc) is 2.51. The van der Waals surface area contributed by atoms with E-state index < -0.39 is 11.6 Å². The molecule has 2 aromatic rings. The van der Waals surface area contributed by atoms with Gasteiger partial charge in [0.25, 0.3) is 0 Å². The minimum Gasteiger partial charge on any atom is -0.497 e. The highest BCUT2D eigenvalue weighted by molar-refractivity contribution is 5.91. The molecule has 0 radical (unpaired) electrons. The van der Waals surface area contributed by atoms with Crippen molar-refractivity contribution >= 4 is 17.3 Å². The van der Waals surface area contributed by atoms with Gasteiger partial charge < -0.3 is 15.4 Å². The fourth-order valence-electron chi connectivity index (χ4n) is 1.83. The molecule has 0 spiro atoms. The second-order valence-corrected chi connectivity index (χ2v) is 4.58. The van der Waals surface area contributed by atoms with E-state index in [1.54, 1.807) is 19.2 Å². The summed E-state index contributed by atoms with van der Waals surface area (Å²) in [7, 11) is 1.58. The first-order valence-corrected chi connectivity index (χ1v) is 6.71. The lowest BCUT2D eigenvalue weighted by Gasteiger charge is -2.09. The number of carbonyl (C=O) groups excluding carboxylic acids is 1. The number of hydrogen-bond acceptors (Lipinski definition) is 3. The van der Waals surface area contributed by atoms with Crippen molar-refractivity contribution in [2.75, 3.05) is 24.3 Å². The monoisotopic (exact) mass is 306 g/mol. The van der Waals surface area contributed by atoms with Crippen LogP contribution >= 0.6 is 0 Å². The predicted molar refractivity (Wildman–Crippen MR) is 81.1 cm³/mol. The van der Waals surface area contributed by atoms with Gasteiger partial charge in [0.15, 0.2) is 0 Å². The maximum atomic E-state index is 13.4. The molecule has 0 heterocycles. The molecule has 2 aromatic carbocycles. The molecule has 0 aromatic heterocycles. The summed E-state index contributed by atoms with van der Waals surface area (Å²) >= 11 is 0. The molecule has 1 amide bonds. The second-order valence-electron chi connectivity index (χ2n) is 4.58. The summed E-state index contributed by atoms with van der Waals surface area (Å²) in [6.45, 7) is 0.390. The SMILES string of the molecule is COc1ccc(NCCC(=O)Nc2ccc(F)cc2F)cc1. The van der Waals surface area contributed by atoms with Crippen molar-refractivity contribution in [2.24, 2.45) is 0 Å². The lowest BCUT2D eigenvalue weighted by Crippen LogP contribution is -2.17. The van der Waals surface area contributed by atoms with E-state index in [-0.39, 0.29) is 18.0 Å². The van der Waals surface area contributed by atoms with Crippen LogP contribution in [0.25, 0.3) is 0 Å². The molecular formula is C16H16F2N2O2. The summed E-state index contributed by atoms with van der Waals surface area (Å²) in [5, 5.41) is 5.47. The Balaban J connectivity index is 1.79. The smallest absolute Gasteiger partial charge is 0.226 e. The molecule has 0 aliphatic heterocycles. The molecule has 2 N–H and O–H groups in total. The summed E-state index contributed by atoms with van der Waals surface area (Å²) in [5.74, 6) is -1.09. The van der Waals surface area contributed by atoms with Gasteiger partial charge in [0.1, 0.15) is 17.4 Å². The Kier molecular flexibility index (Phi) is 5.30. The maximum Gasteiger partial charge on any atom is 0.226 e. The topological polar surface area (TPSA) is 50.4 Å². The number of hydrogen-bond donors (Lipinski definition) is 2. The first kappa shape index (κ1) is 15.8. The quantitative estimate of drug-likeness (QED) is 0.860. The summed E-state index contributed by atoms with van der Waals surface area (Å²) in [4.78, 5) is 11.7. The first-order chi connectivity index (χ1) is 10.6. The van der Waals surface area contributed by atoms with E-state index in [1.165, 1.54) is 6.07 Å². The summed E-state index contributed by atoms with van der Waals surface area (Å²) < 4.78 is 31.2. The number of rotatable bonds is 6. The highest BCUT2D eigenvalue weighted by Gasteiger charge is 2.07. The van der Waals surface area contributed by atoms with Crippen LogP contribution in [0.15, 0.2) is 42.5 Å². The number of methoxy groups -OCH3 is 1. The van der Waals surface area contributed by atoms with Crippen LogP contribution in [-0.4, -0.2) is 19.6 Å². The third-order valence-electron chi connectivity index (χ3n) is 2.98. The van der Waals surface area contributed by atoms with Gasteiger partial charge in [-0.2, -0.15) is 0 Å². The molecule has 0 saturated carbocycles. The fraction of sp³-hybridized carbons (Fsp3) is 0.188. The lowest BCUT2D eigenvalue weighted by atomic mass is 10.2. The largest absolute Gasteiger partial charge is 0.497 e. The van der Waals surface area contributed by atoms with Crippen LogP contribution in [0.3, 0.4) is 0 Å². The molecule has 0 saturated heterocycles. The first-order valence-electron chi connectivity index (χ1n) is 6.71.